The first-order valence-corrected chi connectivity index (χ1v) is 25.7. The topological polar surface area (TPSA) is 280 Å². The Morgan fingerprint density at radius 3 is 1.64 bits per heavy atom. The van der Waals surface area contributed by atoms with Gasteiger partial charge in [0.25, 0.3) is 0 Å². The van der Waals surface area contributed by atoms with Crippen molar-refractivity contribution in [2.45, 2.75) is 172 Å². The molecule has 374 valence electrons. The van der Waals surface area contributed by atoms with Crippen LogP contribution in [0.1, 0.15) is 128 Å². The van der Waals surface area contributed by atoms with Crippen LogP contribution in [0.25, 0.3) is 0 Å². The molecule has 0 fully saturated rings. The standard InChI is InChI=1S/C49H76N6O11S/c1-34(2)31-41(47(61)52-40(45(50)59)32-36-21-13-11-14-22-36)53-48(62)44(35(3)57)55-43(58)27-19-9-5-7-17-25-38(26-18-8-6-10-20-29-56)51-39(28-30-67(4,65)66)46(60)54-42(49(63)64)33-37-23-15-12-16-24-37/h11-16,21-24,29,34-35,38-42,44,51,57H,5-10,17-20,25-28,30-33H2,1-4H3,(H2,50,59)(H,52,61)(H,53,62)(H,54,60)(H,55,58)(H,63,64)/t35-,38?,39-,40-,41-,42-,44-/m0/s1. The van der Waals surface area contributed by atoms with E-state index in [1.165, 1.54) is 6.92 Å². The molecule has 0 heterocycles. The number of hydrogen-bond donors (Lipinski definition) is 8. The molecule has 2 aromatic carbocycles. The van der Waals surface area contributed by atoms with Crippen molar-refractivity contribution in [1.29, 1.82) is 0 Å². The van der Waals surface area contributed by atoms with E-state index in [-0.39, 0.29) is 49.8 Å². The Morgan fingerprint density at radius 1 is 0.642 bits per heavy atom. The zero-order valence-corrected chi connectivity index (χ0v) is 40.6. The first-order valence-electron chi connectivity index (χ1n) is 23.7. The van der Waals surface area contributed by atoms with Gasteiger partial charge in [-0.2, -0.15) is 0 Å². The van der Waals surface area contributed by atoms with Gasteiger partial charge in [-0.05, 0) is 62.5 Å². The van der Waals surface area contributed by atoms with Crippen LogP contribution in [-0.4, -0.2) is 115 Å². The Balaban J connectivity index is 1.99. The molecule has 67 heavy (non-hydrogen) atoms. The molecule has 0 aliphatic rings. The zero-order chi connectivity index (χ0) is 49.8. The number of nitrogens with two attached hydrogens (primary N) is 1. The fourth-order valence-electron chi connectivity index (χ4n) is 7.68. The number of carbonyl (C=O) groups is 7. The van der Waals surface area contributed by atoms with E-state index in [4.69, 9.17) is 5.73 Å². The van der Waals surface area contributed by atoms with Gasteiger partial charge in [0.05, 0.1) is 17.9 Å². The number of primary amides is 1. The van der Waals surface area contributed by atoms with Crippen LogP contribution in [0, 0.1) is 5.92 Å². The molecule has 0 saturated carbocycles. The number of nitrogens with one attached hydrogen (secondary N) is 5. The van der Waals surface area contributed by atoms with E-state index in [1.54, 1.807) is 54.6 Å². The second kappa shape index (κ2) is 31.7. The number of amides is 5. The summed E-state index contributed by atoms with van der Waals surface area (Å²) < 4.78 is 24.4. The molecule has 0 aliphatic carbocycles. The summed E-state index contributed by atoms with van der Waals surface area (Å²) in [5.74, 6) is -4.67. The van der Waals surface area contributed by atoms with Gasteiger partial charge in [-0.3, -0.25) is 24.0 Å². The molecule has 0 saturated heterocycles. The van der Waals surface area contributed by atoms with Crippen LogP contribution in [0.3, 0.4) is 0 Å². The van der Waals surface area contributed by atoms with Crippen LogP contribution in [0.5, 0.6) is 0 Å². The minimum Gasteiger partial charge on any atom is -0.480 e. The molecule has 0 aromatic heterocycles. The van der Waals surface area contributed by atoms with E-state index in [2.05, 4.69) is 26.6 Å². The number of benzene rings is 2. The lowest BCUT2D eigenvalue weighted by Gasteiger charge is -2.27. The monoisotopic (exact) mass is 957 g/mol. The van der Waals surface area contributed by atoms with E-state index in [0.717, 1.165) is 68.6 Å². The fraction of sp³-hybridized carbons (Fsp3) is 0.612. The first kappa shape index (κ1) is 57.9. The molecule has 0 spiro atoms. The van der Waals surface area contributed by atoms with Crippen molar-refractivity contribution >= 4 is 51.6 Å². The predicted octanol–water partition coefficient (Wildman–Crippen LogP) is 3.44. The Morgan fingerprint density at radius 2 is 1.13 bits per heavy atom. The second-order valence-corrected chi connectivity index (χ2v) is 20.3. The lowest BCUT2D eigenvalue weighted by Crippen LogP contribution is -2.59. The van der Waals surface area contributed by atoms with Gasteiger partial charge < -0.3 is 47.3 Å². The van der Waals surface area contributed by atoms with Crippen molar-refractivity contribution in [3.8, 4) is 0 Å². The number of aliphatic carboxylic acids is 1. The van der Waals surface area contributed by atoms with Crippen molar-refractivity contribution in [3.05, 3.63) is 71.8 Å². The molecule has 7 atom stereocenters. The number of aldehydes is 1. The van der Waals surface area contributed by atoms with Crippen LogP contribution >= 0.6 is 0 Å². The van der Waals surface area contributed by atoms with Gasteiger partial charge in [-0.15, -0.1) is 0 Å². The van der Waals surface area contributed by atoms with E-state index >= 15 is 0 Å². The Hall–Kier alpha value is -5.20. The Kier molecular flexibility index (Phi) is 27.4. The highest BCUT2D eigenvalue weighted by Crippen LogP contribution is 2.17. The highest BCUT2D eigenvalue weighted by molar-refractivity contribution is 7.90. The smallest absolute Gasteiger partial charge is 0.326 e. The van der Waals surface area contributed by atoms with Crippen molar-refractivity contribution in [3.63, 3.8) is 0 Å². The molecule has 2 aromatic rings. The lowest BCUT2D eigenvalue weighted by atomic mass is 9.98. The van der Waals surface area contributed by atoms with E-state index < -0.39 is 81.7 Å². The van der Waals surface area contributed by atoms with Gasteiger partial charge in [0.15, 0.2) is 0 Å². The minimum atomic E-state index is -3.44. The van der Waals surface area contributed by atoms with Gasteiger partial charge in [0, 0.05) is 38.0 Å². The number of aliphatic hydroxyl groups excluding tert-OH is 1. The third-order valence-electron chi connectivity index (χ3n) is 11.4. The third-order valence-corrected chi connectivity index (χ3v) is 12.4. The van der Waals surface area contributed by atoms with Crippen molar-refractivity contribution in [1.82, 2.24) is 26.6 Å². The number of unbranched alkanes of at least 4 members (excludes halogenated alkanes) is 8. The Bertz CT molecular complexity index is 1940. The van der Waals surface area contributed by atoms with Gasteiger partial charge in [0.2, 0.25) is 29.5 Å². The zero-order valence-electron chi connectivity index (χ0n) is 39.8. The van der Waals surface area contributed by atoms with Crippen molar-refractivity contribution < 1.29 is 52.2 Å². The minimum absolute atomic E-state index is 0.0388. The number of hydrogen-bond acceptors (Lipinski definition) is 11. The number of carboxylic acids is 1. The number of rotatable bonds is 36. The fourth-order valence-corrected chi connectivity index (χ4v) is 8.34. The average molecular weight is 957 g/mol. The van der Waals surface area contributed by atoms with Gasteiger partial charge >= 0.3 is 5.97 Å². The summed E-state index contributed by atoms with van der Waals surface area (Å²) in [5.41, 5.74) is 7.11. The molecular weight excluding hydrogens is 881 g/mol. The second-order valence-electron chi connectivity index (χ2n) is 18.0. The molecule has 1 unspecified atom stereocenters. The number of carbonyl (C=O) groups excluding carboxylic acids is 6. The summed E-state index contributed by atoms with van der Waals surface area (Å²) >= 11 is 0. The van der Waals surface area contributed by atoms with Gasteiger partial charge in [-0.1, -0.05) is 119 Å². The normalized spacial score (nSPS) is 14.7. The molecule has 17 nitrogen and oxygen atoms in total. The number of sulfone groups is 1. The van der Waals surface area contributed by atoms with E-state index in [1.807, 2.05) is 19.9 Å². The molecular formula is C49H76N6O11S. The SMILES string of the molecule is CC(C)C[C@H](NC(=O)[C@@H](NC(=O)CCCCCCCC(CCCCCCC=O)N[C@@H](CCS(C)(=O)=O)C(=O)N[C@@H](Cc1ccccc1)C(=O)O)[C@H](C)O)C(=O)N[C@@H](Cc1ccccc1)C(N)=O. The third kappa shape index (κ3) is 25.5. The maximum atomic E-state index is 13.6. The van der Waals surface area contributed by atoms with E-state index in [0.29, 0.717) is 32.1 Å². The summed E-state index contributed by atoms with van der Waals surface area (Å²) in [7, 11) is -3.44. The number of aliphatic hydroxyl groups is 1. The average Bonchev–Trinajstić information content (AvgIpc) is 3.26. The highest BCUT2D eigenvalue weighted by atomic mass is 32.2. The lowest BCUT2D eigenvalue weighted by molar-refractivity contribution is -0.142. The van der Waals surface area contributed by atoms with Crippen LogP contribution < -0.4 is 32.3 Å². The molecule has 5 amide bonds. The molecule has 0 bridgehead atoms. The van der Waals surface area contributed by atoms with Crippen molar-refractivity contribution in [2.24, 2.45) is 11.7 Å². The van der Waals surface area contributed by atoms with Crippen LogP contribution in [0.2, 0.25) is 0 Å². The summed E-state index contributed by atoms with van der Waals surface area (Å²) in [6.07, 6.45) is 9.78. The van der Waals surface area contributed by atoms with Crippen LogP contribution in [0.15, 0.2) is 60.7 Å². The highest BCUT2D eigenvalue weighted by Gasteiger charge is 2.32. The van der Waals surface area contributed by atoms with Gasteiger partial charge in [0.1, 0.15) is 40.3 Å². The maximum Gasteiger partial charge on any atom is 0.326 e. The largest absolute Gasteiger partial charge is 0.480 e. The summed E-state index contributed by atoms with van der Waals surface area (Å²) in [5, 5.41) is 34.3. The summed E-state index contributed by atoms with van der Waals surface area (Å²) in [4.78, 5) is 88.7. The first-order chi connectivity index (χ1) is 31.8. The molecule has 0 aliphatic heterocycles. The van der Waals surface area contributed by atoms with Crippen LogP contribution in [-0.2, 0) is 56.2 Å². The quantitative estimate of drug-likeness (QED) is 0.0360. The number of carboxylic acid groups (broad SMARTS) is 1. The van der Waals surface area contributed by atoms with Gasteiger partial charge in [-0.25, -0.2) is 13.2 Å². The van der Waals surface area contributed by atoms with Crippen LogP contribution in [0.4, 0.5) is 0 Å². The Labute approximate surface area is 396 Å². The summed E-state index contributed by atoms with van der Waals surface area (Å²) in [6, 6.07) is 12.1. The summed E-state index contributed by atoms with van der Waals surface area (Å²) in [6.45, 7) is 5.09. The maximum absolute atomic E-state index is 13.6. The van der Waals surface area contributed by atoms with Crippen molar-refractivity contribution in [2.75, 3.05) is 12.0 Å². The molecule has 2 rings (SSSR count). The van der Waals surface area contributed by atoms with E-state index in [9.17, 15) is 52.2 Å². The molecule has 9 N–H and O–H groups in total. The molecule has 0 radical (unpaired) electrons. The predicted molar refractivity (Wildman–Crippen MR) is 257 cm³/mol. The molecule has 18 heteroatoms.